The van der Waals surface area contributed by atoms with Crippen molar-refractivity contribution in [2.75, 3.05) is 35.7 Å². The molecule has 0 atom stereocenters. The molecule has 0 saturated heterocycles. The average molecular weight is 386 g/mol. The van der Waals surface area contributed by atoms with E-state index >= 15 is 0 Å². The Morgan fingerprint density at radius 3 is 2.56 bits per heavy atom. The van der Waals surface area contributed by atoms with Crippen LogP contribution in [-0.4, -0.2) is 26.0 Å². The van der Waals surface area contributed by atoms with Crippen molar-refractivity contribution in [3.05, 3.63) is 53.8 Å². The van der Waals surface area contributed by atoms with Crippen molar-refractivity contribution >= 4 is 47.8 Å². The van der Waals surface area contributed by atoms with Crippen LogP contribution < -0.4 is 15.5 Å². The van der Waals surface area contributed by atoms with Crippen molar-refractivity contribution in [2.24, 2.45) is 0 Å². The number of nitrogens with two attached hydrogens (primary N) is 1. The lowest BCUT2D eigenvalue weighted by atomic mass is 10.1. The van der Waals surface area contributed by atoms with Crippen LogP contribution in [0.1, 0.15) is 12.0 Å². The minimum Gasteiger partial charge on any atom is -0.399 e. The quantitative estimate of drug-likeness (QED) is 0.819. The number of likely N-dealkylation sites (N-methyl/N-ethyl adjacent to an activating group) is 1. The van der Waals surface area contributed by atoms with Gasteiger partial charge in [-0.2, -0.15) is 0 Å². The maximum atomic E-state index is 13.5. The minimum absolute atomic E-state index is 0. The second-order valence-electron chi connectivity index (χ2n) is 5.80. The lowest BCUT2D eigenvalue weighted by Crippen LogP contribution is -2.42. The largest absolute Gasteiger partial charge is 0.399 e. The number of nitrogens with zero attached hydrogens (tertiary/aromatic N) is 2. The summed E-state index contributed by atoms with van der Waals surface area (Å²) in [7, 11) is 1.91. The molecule has 1 amide bonds. The van der Waals surface area contributed by atoms with Crippen LogP contribution in [0, 0.1) is 5.82 Å². The molecule has 2 aromatic rings. The number of benzene rings is 2. The molecule has 0 bridgehead atoms. The Balaban J connectivity index is 0.00000156. The number of carbonyl (C=O) groups excluding carboxylic acids is 1. The summed E-state index contributed by atoms with van der Waals surface area (Å²) in [5.74, 6) is -0.254. The maximum Gasteiger partial charge on any atom is 0.227 e. The molecule has 0 radical (unpaired) electrons. The van der Waals surface area contributed by atoms with E-state index < -0.39 is 0 Å². The van der Waals surface area contributed by atoms with Crippen LogP contribution in [0.25, 0.3) is 0 Å². The van der Waals surface area contributed by atoms with Crippen molar-refractivity contribution in [3.8, 4) is 0 Å². The second-order valence-corrected chi connectivity index (χ2v) is 5.80. The zero-order valence-electron chi connectivity index (χ0n) is 13.9. The van der Waals surface area contributed by atoms with Crippen LogP contribution in [0.4, 0.5) is 21.5 Å². The van der Waals surface area contributed by atoms with E-state index in [1.54, 1.807) is 11.0 Å². The van der Waals surface area contributed by atoms with Crippen LogP contribution >= 0.6 is 24.8 Å². The van der Waals surface area contributed by atoms with Gasteiger partial charge in [0.1, 0.15) is 5.82 Å². The zero-order valence-corrected chi connectivity index (χ0v) is 15.6. The fourth-order valence-corrected chi connectivity index (χ4v) is 2.92. The fourth-order valence-electron chi connectivity index (χ4n) is 2.92. The molecule has 7 heteroatoms. The number of fused-ring (bicyclic) bond motifs is 1. The van der Waals surface area contributed by atoms with E-state index in [1.165, 1.54) is 12.1 Å². The number of nitrogen functional groups attached to an aromatic ring is 1. The summed E-state index contributed by atoms with van der Waals surface area (Å²) in [6, 6.07) is 12.1. The van der Waals surface area contributed by atoms with Gasteiger partial charge in [0.25, 0.3) is 0 Å². The van der Waals surface area contributed by atoms with Gasteiger partial charge >= 0.3 is 0 Å². The summed E-state index contributed by atoms with van der Waals surface area (Å²) in [6.45, 7) is 1.30. The third-order valence-electron chi connectivity index (χ3n) is 4.26. The first-order chi connectivity index (χ1) is 11.1. The van der Waals surface area contributed by atoms with Gasteiger partial charge in [0.05, 0.1) is 11.4 Å². The first kappa shape index (κ1) is 21.1. The highest BCUT2D eigenvalue weighted by atomic mass is 35.5. The standard InChI is InChI=1S/C18H20FN3O.2ClH/c1-21-10-11-22(16-8-7-14(19)12-17(16)21)18(23)9-6-13-4-2-3-5-15(13)20;;/h2-5,7-8,12H,6,9-11,20H2,1H3;2*1H. The van der Waals surface area contributed by atoms with Gasteiger partial charge in [-0.25, -0.2) is 4.39 Å². The van der Waals surface area contributed by atoms with Gasteiger partial charge in [0.2, 0.25) is 5.91 Å². The summed E-state index contributed by atoms with van der Waals surface area (Å²) in [5.41, 5.74) is 9.14. The number of hydrogen-bond donors (Lipinski definition) is 1. The first-order valence-electron chi connectivity index (χ1n) is 7.70. The highest BCUT2D eigenvalue weighted by Crippen LogP contribution is 2.33. The van der Waals surface area contributed by atoms with Crippen molar-refractivity contribution in [1.29, 1.82) is 0 Å². The van der Waals surface area contributed by atoms with Gasteiger partial charge in [0.15, 0.2) is 0 Å². The number of aryl methyl sites for hydroxylation is 1. The summed E-state index contributed by atoms with van der Waals surface area (Å²) < 4.78 is 13.5. The summed E-state index contributed by atoms with van der Waals surface area (Å²) in [6.07, 6.45) is 0.989. The Labute approximate surface area is 159 Å². The number of halogens is 3. The van der Waals surface area contributed by atoms with E-state index in [2.05, 4.69) is 0 Å². The highest BCUT2D eigenvalue weighted by molar-refractivity contribution is 5.98. The molecule has 1 aliphatic rings. The van der Waals surface area contributed by atoms with Crippen LogP contribution in [0.15, 0.2) is 42.5 Å². The van der Waals surface area contributed by atoms with Gasteiger partial charge in [-0.3, -0.25) is 4.79 Å². The molecule has 136 valence electrons. The first-order valence-corrected chi connectivity index (χ1v) is 7.70. The molecule has 2 aromatic carbocycles. The number of hydrogen-bond acceptors (Lipinski definition) is 3. The van der Waals surface area contributed by atoms with Crippen LogP contribution in [0.5, 0.6) is 0 Å². The van der Waals surface area contributed by atoms with Gasteiger partial charge in [-0.1, -0.05) is 18.2 Å². The Kier molecular flexibility index (Phi) is 7.52. The molecule has 1 aliphatic heterocycles. The predicted molar refractivity (Wildman–Crippen MR) is 106 cm³/mol. The topological polar surface area (TPSA) is 49.6 Å². The fraction of sp³-hybridized carbons (Fsp3) is 0.278. The molecule has 0 unspecified atom stereocenters. The smallest absolute Gasteiger partial charge is 0.227 e. The van der Waals surface area contributed by atoms with Crippen LogP contribution in [0.3, 0.4) is 0 Å². The maximum absolute atomic E-state index is 13.5. The van der Waals surface area contributed by atoms with Crippen molar-refractivity contribution in [1.82, 2.24) is 0 Å². The van der Waals surface area contributed by atoms with E-state index in [4.69, 9.17) is 5.73 Å². The van der Waals surface area contributed by atoms with E-state index in [-0.39, 0.29) is 36.5 Å². The summed E-state index contributed by atoms with van der Waals surface area (Å²) >= 11 is 0. The Morgan fingerprint density at radius 2 is 1.84 bits per heavy atom. The molecule has 25 heavy (non-hydrogen) atoms. The second kappa shape index (κ2) is 8.92. The summed E-state index contributed by atoms with van der Waals surface area (Å²) in [5, 5.41) is 0. The predicted octanol–water partition coefficient (Wildman–Crippen LogP) is 3.67. The normalized spacial score (nSPS) is 12.7. The number of para-hydroxylation sites is 1. The molecule has 4 nitrogen and oxygen atoms in total. The molecule has 3 rings (SSSR count). The van der Waals surface area contributed by atoms with Crippen molar-refractivity contribution < 1.29 is 9.18 Å². The molecule has 0 saturated carbocycles. The van der Waals surface area contributed by atoms with Crippen molar-refractivity contribution in [3.63, 3.8) is 0 Å². The van der Waals surface area contributed by atoms with Crippen LogP contribution in [-0.2, 0) is 11.2 Å². The Bertz CT molecular complexity index is 742. The van der Waals surface area contributed by atoms with Gasteiger partial charge in [-0.05, 0) is 36.2 Å². The summed E-state index contributed by atoms with van der Waals surface area (Å²) in [4.78, 5) is 16.3. The molecule has 0 aliphatic carbocycles. The molecule has 0 aromatic heterocycles. The van der Waals surface area contributed by atoms with Gasteiger partial charge < -0.3 is 15.5 Å². The molecule has 0 fully saturated rings. The van der Waals surface area contributed by atoms with E-state index in [9.17, 15) is 9.18 Å². The van der Waals surface area contributed by atoms with Gasteiger partial charge in [-0.15, -0.1) is 24.8 Å². The zero-order chi connectivity index (χ0) is 16.4. The highest BCUT2D eigenvalue weighted by Gasteiger charge is 2.25. The van der Waals surface area contributed by atoms with E-state index in [0.717, 1.165) is 16.9 Å². The number of amides is 1. The monoisotopic (exact) mass is 385 g/mol. The third kappa shape index (κ3) is 4.55. The molecule has 2 N–H and O–H groups in total. The van der Waals surface area contributed by atoms with Crippen molar-refractivity contribution in [2.45, 2.75) is 12.8 Å². The van der Waals surface area contributed by atoms with E-state index in [1.807, 2.05) is 36.2 Å². The number of carbonyl (C=O) groups is 1. The number of anilines is 3. The molecule has 0 spiro atoms. The lowest BCUT2D eigenvalue weighted by molar-refractivity contribution is -0.118. The number of rotatable bonds is 3. The Morgan fingerprint density at radius 1 is 1.12 bits per heavy atom. The lowest BCUT2D eigenvalue weighted by Gasteiger charge is -2.35. The SMILES string of the molecule is CN1CCN(C(=O)CCc2ccccc2N)c2ccc(F)cc21.Cl.Cl. The molecular formula is C18H22Cl2FN3O. The van der Waals surface area contributed by atoms with Crippen LogP contribution in [0.2, 0.25) is 0 Å². The van der Waals surface area contributed by atoms with E-state index in [0.29, 0.717) is 31.6 Å². The van der Waals surface area contributed by atoms with Gasteiger partial charge in [0, 0.05) is 32.2 Å². The molecule has 1 heterocycles. The third-order valence-corrected chi connectivity index (χ3v) is 4.26. The minimum atomic E-state index is -0.290. The molecular weight excluding hydrogens is 364 g/mol. The average Bonchev–Trinajstić information content (AvgIpc) is 2.54. The Hall–Kier alpha value is -1.98.